The van der Waals surface area contributed by atoms with Gasteiger partial charge in [0, 0.05) is 12.2 Å². The van der Waals surface area contributed by atoms with Crippen molar-refractivity contribution in [3.8, 4) is 0 Å². The number of nitrogens with zero attached hydrogens (tertiary/aromatic N) is 1. The van der Waals surface area contributed by atoms with Gasteiger partial charge >= 0.3 is 12.1 Å². The van der Waals surface area contributed by atoms with Crippen molar-refractivity contribution >= 4 is 23.7 Å². The lowest BCUT2D eigenvalue weighted by molar-refractivity contribution is -0.136. The molecule has 0 saturated carbocycles. The molecule has 0 aliphatic heterocycles. The molecule has 114 valence electrons. The summed E-state index contributed by atoms with van der Waals surface area (Å²) < 4.78 is 4.35. The molecule has 2 N–H and O–H groups in total. The largest absolute Gasteiger partial charge is 0.481 e. The van der Waals surface area contributed by atoms with Gasteiger partial charge in [0.25, 0.3) is 0 Å². The molecule has 0 aliphatic rings. The van der Waals surface area contributed by atoms with Crippen LogP contribution in [-0.4, -0.2) is 43.3 Å². The maximum absolute atomic E-state index is 11.8. The van der Waals surface area contributed by atoms with E-state index in [1.165, 1.54) is 0 Å². The summed E-state index contributed by atoms with van der Waals surface area (Å²) in [6.07, 6.45) is -0.956. The molecule has 0 radical (unpaired) electrons. The van der Waals surface area contributed by atoms with Crippen LogP contribution in [0.15, 0.2) is 24.3 Å². The van der Waals surface area contributed by atoms with E-state index in [0.717, 1.165) is 18.4 Å². The second kappa shape index (κ2) is 7.88. The number of benzene rings is 1. The Kier molecular flexibility index (Phi) is 6.19. The van der Waals surface area contributed by atoms with Gasteiger partial charge < -0.3 is 14.7 Å². The highest BCUT2D eigenvalue weighted by molar-refractivity contribution is 5.94. The molecule has 0 aliphatic carbocycles. The molecule has 0 heterocycles. The van der Waals surface area contributed by atoms with Crippen LogP contribution >= 0.6 is 0 Å². The molecule has 21 heavy (non-hydrogen) atoms. The summed E-state index contributed by atoms with van der Waals surface area (Å²) in [7, 11) is 1.16. The summed E-state index contributed by atoms with van der Waals surface area (Å²) in [6, 6.07) is 7.31. The SMILES string of the molecule is COC(=O)NC(=O)CN(CCC(=O)O)c1ccccc1C. The van der Waals surface area contributed by atoms with Crippen LogP contribution in [0.4, 0.5) is 10.5 Å². The van der Waals surface area contributed by atoms with E-state index in [1.807, 2.05) is 24.4 Å². The zero-order chi connectivity index (χ0) is 15.8. The Morgan fingerprint density at radius 1 is 1.29 bits per heavy atom. The second-order valence-electron chi connectivity index (χ2n) is 4.39. The van der Waals surface area contributed by atoms with Crippen molar-refractivity contribution in [3.63, 3.8) is 0 Å². The summed E-state index contributed by atoms with van der Waals surface area (Å²) in [5.74, 6) is -1.52. The van der Waals surface area contributed by atoms with E-state index < -0.39 is 18.0 Å². The van der Waals surface area contributed by atoms with Gasteiger partial charge in [-0.2, -0.15) is 0 Å². The van der Waals surface area contributed by atoms with Gasteiger partial charge in [-0.1, -0.05) is 18.2 Å². The van der Waals surface area contributed by atoms with Crippen molar-refractivity contribution in [1.82, 2.24) is 5.32 Å². The fourth-order valence-corrected chi connectivity index (χ4v) is 1.81. The molecule has 0 spiro atoms. The van der Waals surface area contributed by atoms with E-state index in [4.69, 9.17) is 5.11 Å². The van der Waals surface area contributed by atoms with Crippen LogP contribution in [0, 0.1) is 6.92 Å². The zero-order valence-electron chi connectivity index (χ0n) is 12.0. The standard InChI is InChI=1S/C14H18N2O5/c1-10-5-3-4-6-11(10)16(8-7-13(18)19)9-12(17)15-14(20)21-2/h3-6H,7-9H2,1-2H3,(H,18,19)(H,15,17,20). The minimum Gasteiger partial charge on any atom is -0.481 e. The number of imide groups is 1. The first-order chi connectivity index (χ1) is 9.93. The number of ether oxygens (including phenoxy) is 1. The molecule has 0 atom stereocenters. The number of aliphatic carboxylic acids is 1. The molecule has 7 heteroatoms. The molecule has 0 unspecified atom stereocenters. The fourth-order valence-electron chi connectivity index (χ4n) is 1.81. The Balaban J connectivity index is 2.82. The van der Waals surface area contributed by atoms with Crippen molar-refractivity contribution in [3.05, 3.63) is 29.8 Å². The number of carboxylic acids is 1. The highest BCUT2D eigenvalue weighted by Crippen LogP contribution is 2.19. The van der Waals surface area contributed by atoms with Gasteiger partial charge in [0.15, 0.2) is 0 Å². The van der Waals surface area contributed by atoms with E-state index in [9.17, 15) is 14.4 Å². The number of anilines is 1. The van der Waals surface area contributed by atoms with E-state index in [2.05, 4.69) is 4.74 Å². The quantitative estimate of drug-likeness (QED) is 0.817. The number of carbonyl (C=O) groups is 3. The first kappa shape index (κ1) is 16.5. The first-order valence-corrected chi connectivity index (χ1v) is 6.34. The third-order valence-electron chi connectivity index (χ3n) is 2.81. The van der Waals surface area contributed by atoms with Crippen LogP contribution in [-0.2, 0) is 14.3 Å². The van der Waals surface area contributed by atoms with Gasteiger partial charge in [-0.15, -0.1) is 0 Å². The third kappa shape index (κ3) is 5.52. The van der Waals surface area contributed by atoms with Crippen LogP contribution < -0.4 is 10.2 Å². The number of methoxy groups -OCH3 is 1. The van der Waals surface area contributed by atoms with Crippen LogP contribution in [0.2, 0.25) is 0 Å². The number of hydrogen-bond donors (Lipinski definition) is 2. The summed E-state index contributed by atoms with van der Waals surface area (Å²) in [5, 5.41) is 10.8. The molecular weight excluding hydrogens is 276 g/mol. The number of amides is 2. The average molecular weight is 294 g/mol. The Labute approximate surface area is 122 Å². The number of rotatable bonds is 6. The maximum Gasteiger partial charge on any atom is 0.413 e. The summed E-state index contributed by atoms with van der Waals surface area (Å²) in [4.78, 5) is 35.1. The van der Waals surface area contributed by atoms with E-state index in [-0.39, 0.29) is 19.5 Å². The Morgan fingerprint density at radius 3 is 2.52 bits per heavy atom. The van der Waals surface area contributed by atoms with Crippen LogP contribution in [0.3, 0.4) is 0 Å². The lowest BCUT2D eigenvalue weighted by atomic mass is 10.1. The smallest absolute Gasteiger partial charge is 0.413 e. The van der Waals surface area contributed by atoms with E-state index in [0.29, 0.717) is 0 Å². The molecule has 0 aromatic heterocycles. The molecule has 2 amide bonds. The predicted octanol–water partition coefficient (Wildman–Crippen LogP) is 1.16. The molecule has 0 saturated heterocycles. The monoisotopic (exact) mass is 294 g/mol. The van der Waals surface area contributed by atoms with Crippen molar-refractivity contribution in [2.75, 3.05) is 25.1 Å². The highest BCUT2D eigenvalue weighted by atomic mass is 16.5. The normalized spacial score (nSPS) is 9.81. The Morgan fingerprint density at radius 2 is 1.95 bits per heavy atom. The van der Waals surface area contributed by atoms with Crippen molar-refractivity contribution < 1.29 is 24.2 Å². The highest BCUT2D eigenvalue weighted by Gasteiger charge is 2.16. The summed E-state index contributed by atoms with van der Waals surface area (Å²) in [5.41, 5.74) is 1.66. The molecule has 0 fully saturated rings. The van der Waals surface area contributed by atoms with Gasteiger partial charge in [0.05, 0.1) is 20.1 Å². The van der Waals surface area contributed by atoms with Crippen LogP contribution in [0.25, 0.3) is 0 Å². The lowest BCUT2D eigenvalue weighted by Crippen LogP contribution is -2.41. The number of nitrogens with one attached hydrogen (secondary N) is 1. The van der Waals surface area contributed by atoms with Gasteiger partial charge in [-0.25, -0.2) is 4.79 Å². The molecule has 1 aromatic rings. The number of hydrogen-bond acceptors (Lipinski definition) is 5. The third-order valence-corrected chi connectivity index (χ3v) is 2.81. The van der Waals surface area contributed by atoms with E-state index in [1.54, 1.807) is 17.0 Å². The molecular formula is C14H18N2O5. The van der Waals surface area contributed by atoms with Crippen molar-refractivity contribution in [2.45, 2.75) is 13.3 Å². The van der Waals surface area contributed by atoms with E-state index >= 15 is 0 Å². The first-order valence-electron chi connectivity index (χ1n) is 6.34. The van der Waals surface area contributed by atoms with Crippen LogP contribution in [0.5, 0.6) is 0 Å². The Bertz CT molecular complexity index is 530. The predicted molar refractivity (Wildman–Crippen MR) is 76.2 cm³/mol. The van der Waals surface area contributed by atoms with Gasteiger partial charge in [-0.3, -0.25) is 14.9 Å². The molecule has 0 bridgehead atoms. The molecule has 7 nitrogen and oxygen atoms in total. The number of para-hydroxylation sites is 1. The summed E-state index contributed by atoms with van der Waals surface area (Å²) >= 11 is 0. The number of carboxylic acid groups (broad SMARTS) is 1. The van der Waals surface area contributed by atoms with Crippen molar-refractivity contribution in [2.24, 2.45) is 0 Å². The average Bonchev–Trinajstić information content (AvgIpc) is 2.43. The maximum atomic E-state index is 11.8. The topological polar surface area (TPSA) is 95.9 Å². The van der Waals surface area contributed by atoms with Crippen molar-refractivity contribution in [1.29, 1.82) is 0 Å². The lowest BCUT2D eigenvalue weighted by Gasteiger charge is -2.25. The van der Waals surface area contributed by atoms with Gasteiger partial charge in [-0.05, 0) is 18.6 Å². The number of alkyl carbamates (subject to hydrolysis) is 1. The number of carbonyl (C=O) groups excluding carboxylic acids is 2. The minimum absolute atomic E-state index is 0.111. The zero-order valence-corrected chi connectivity index (χ0v) is 12.0. The van der Waals surface area contributed by atoms with Gasteiger partial charge in [0.1, 0.15) is 0 Å². The van der Waals surface area contributed by atoms with Crippen LogP contribution in [0.1, 0.15) is 12.0 Å². The molecule has 1 rings (SSSR count). The number of aryl methyl sites for hydroxylation is 1. The Hall–Kier alpha value is -2.57. The second-order valence-corrected chi connectivity index (χ2v) is 4.39. The minimum atomic E-state index is -0.957. The van der Waals surface area contributed by atoms with Gasteiger partial charge in [0.2, 0.25) is 5.91 Å². The fraction of sp³-hybridized carbons (Fsp3) is 0.357. The molecule has 1 aromatic carbocycles. The summed E-state index contributed by atoms with van der Waals surface area (Å²) in [6.45, 7) is 1.89.